The van der Waals surface area contributed by atoms with Gasteiger partial charge in [-0.05, 0) is 47.5 Å². The molecule has 0 amide bonds. The van der Waals surface area contributed by atoms with Gasteiger partial charge in [-0.2, -0.15) is 0 Å². The van der Waals surface area contributed by atoms with E-state index in [9.17, 15) is 9.90 Å². The Morgan fingerprint density at radius 1 is 1.15 bits per heavy atom. The summed E-state index contributed by atoms with van der Waals surface area (Å²) in [5, 5.41) is 9.19. The first-order valence-corrected chi connectivity index (χ1v) is 6.49. The van der Waals surface area contributed by atoms with Crippen molar-refractivity contribution in [1.82, 2.24) is 0 Å². The Balaban J connectivity index is 1.76. The van der Waals surface area contributed by atoms with E-state index >= 15 is 0 Å². The second kappa shape index (κ2) is 5.21. The van der Waals surface area contributed by atoms with E-state index in [1.54, 1.807) is 18.2 Å². The number of ketones is 1. The molecule has 0 radical (unpaired) electrons. The number of hydrogen-bond acceptors (Lipinski definition) is 3. The van der Waals surface area contributed by atoms with Crippen LogP contribution in [0.1, 0.15) is 21.5 Å². The number of phenols is 1. The van der Waals surface area contributed by atoms with Crippen molar-refractivity contribution in [3.8, 4) is 11.5 Å². The van der Waals surface area contributed by atoms with Crippen LogP contribution in [0.3, 0.4) is 0 Å². The van der Waals surface area contributed by atoms with Crippen LogP contribution in [-0.4, -0.2) is 17.5 Å². The molecule has 1 aliphatic rings. The Kier molecular flexibility index (Phi) is 3.25. The molecule has 0 saturated heterocycles. The summed E-state index contributed by atoms with van der Waals surface area (Å²) in [6.07, 6.45) is 4.26. The average Bonchev–Trinajstić information content (AvgIpc) is 2.93. The van der Waals surface area contributed by atoms with Crippen LogP contribution in [0, 0.1) is 0 Å². The summed E-state index contributed by atoms with van der Waals surface area (Å²) in [5.41, 5.74) is 2.71. The summed E-state index contributed by atoms with van der Waals surface area (Å²) in [7, 11) is 0. The Labute approximate surface area is 117 Å². The summed E-state index contributed by atoms with van der Waals surface area (Å²) >= 11 is 0. The topological polar surface area (TPSA) is 46.5 Å². The molecule has 0 unspecified atom stereocenters. The SMILES string of the molecule is O=C(/C=C/c1ccc2c(c1)OCC2)c1ccc(O)cc1. The highest BCUT2D eigenvalue weighted by Crippen LogP contribution is 2.26. The molecule has 0 saturated carbocycles. The number of allylic oxidation sites excluding steroid dienone is 1. The van der Waals surface area contributed by atoms with Crippen LogP contribution in [-0.2, 0) is 6.42 Å². The molecule has 0 spiro atoms. The van der Waals surface area contributed by atoms with E-state index in [2.05, 4.69) is 0 Å². The van der Waals surface area contributed by atoms with E-state index in [1.165, 1.54) is 23.8 Å². The molecule has 3 rings (SSSR count). The van der Waals surface area contributed by atoms with Crippen molar-refractivity contribution in [2.75, 3.05) is 6.61 Å². The number of phenolic OH excluding ortho intramolecular Hbond substituents is 1. The number of benzene rings is 2. The first kappa shape index (κ1) is 12.5. The average molecular weight is 266 g/mol. The summed E-state index contributed by atoms with van der Waals surface area (Å²) in [6.45, 7) is 0.731. The third kappa shape index (κ3) is 2.57. The molecule has 100 valence electrons. The van der Waals surface area contributed by atoms with E-state index in [1.807, 2.05) is 18.2 Å². The summed E-state index contributed by atoms with van der Waals surface area (Å²) in [4.78, 5) is 12.0. The van der Waals surface area contributed by atoms with Crippen molar-refractivity contribution in [3.05, 3.63) is 65.2 Å². The van der Waals surface area contributed by atoms with E-state index in [0.717, 1.165) is 24.3 Å². The standard InChI is InChI=1S/C17H14O3/c18-15-6-4-13(5-7-15)16(19)8-2-12-1-3-14-9-10-20-17(14)11-12/h1-8,11,18H,9-10H2/b8-2+. The fourth-order valence-electron chi connectivity index (χ4n) is 2.18. The number of fused-ring (bicyclic) bond motifs is 1. The van der Waals surface area contributed by atoms with Crippen molar-refractivity contribution in [1.29, 1.82) is 0 Å². The normalized spacial score (nSPS) is 13.2. The number of carbonyl (C=O) groups is 1. The lowest BCUT2D eigenvalue weighted by atomic mass is 10.1. The Hall–Kier alpha value is -2.55. The molecule has 1 N–H and O–H groups in total. The lowest BCUT2D eigenvalue weighted by Gasteiger charge is -2.00. The lowest BCUT2D eigenvalue weighted by molar-refractivity contribution is 0.104. The van der Waals surface area contributed by atoms with Crippen molar-refractivity contribution in [2.24, 2.45) is 0 Å². The van der Waals surface area contributed by atoms with Gasteiger partial charge in [-0.3, -0.25) is 4.79 Å². The molecule has 1 aliphatic heterocycles. The van der Waals surface area contributed by atoms with Crippen molar-refractivity contribution >= 4 is 11.9 Å². The van der Waals surface area contributed by atoms with Crippen molar-refractivity contribution < 1.29 is 14.6 Å². The predicted octanol–water partition coefficient (Wildman–Crippen LogP) is 3.22. The van der Waals surface area contributed by atoms with Crippen LogP contribution in [0.2, 0.25) is 0 Å². The third-order valence-corrected chi connectivity index (χ3v) is 3.30. The van der Waals surface area contributed by atoms with Gasteiger partial charge < -0.3 is 9.84 Å². The molecule has 0 atom stereocenters. The third-order valence-electron chi connectivity index (χ3n) is 3.30. The van der Waals surface area contributed by atoms with E-state index < -0.39 is 0 Å². The summed E-state index contributed by atoms with van der Waals surface area (Å²) in [6, 6.07) is 12.2. The van der Waals surface area contributed by atoms with Crippen molar-refractivity contribution in [2.45, 2.75) is 6.42 Å². The maximum atomic E-state index is 12.0. The second-order valence-corrected chi connectivity index (χ2v) is 4.71. The highest BCUT2D eigenvalue weighted by atomic mass is 16.5. The molecule has 1 heterocycles. The fraction of sp³-hybridized carbons (Fsp3) is 0.118. The van der Waals surface area contributed by atoms with E-state index in [4.69, 9.17) is 4.74 Å². The highest BCUT2D eigenvalue weighted by Gasteiger charge is 2.11. The van der Waals surface area contributed by atoms with Gasteiger partial charge in [0.1, 0.15) is 11.5 Å². The molecular weight excluding hydrogens is 252 g/mol. The lowest BCUT2D eigenvalue weighted by Crippen LogP contribution is -1.93. The quantitative estimate of drug-likeness (QED) is 0.685. The van der Waals surface area contributed by atoms with Gasteiger partial charge in [0, 0.05) is 12.0 Å². The predicted molar refractivity (Wildman–Crippen MR) is 77.1 cm³/mol. The van der Waals surface area contributed by atoms with Crippen LogP contribution in [0.25, 0.3) is 6.08 Å². The Morgan fingerprint density at radius 2 is 1.95 bits per heavy atom. The number of aromatic hydroxyl groups is 1. The number of carbonyl (C=O) groups excluding carboxylic acids is 1. The van der Waals surface area contributed by atoms with Crippen LogP contribution in [0.4, 0.5) is 0 Å². The smallest absolute Gasteiger partial charge is 0.185 e. The monoisotopic (exact) mass is 266 g/mol. The summed E-state index contributed by atoms with van der Waals surface area (Å²) < 4.78 is 5.50. The maximum Gasteiger partial charge on any atom is 0.185 e. The Morgan fingerprint density at radius 3 is 2.75 bits per heavy atom. The summed E-state index contributed by atoms with van der Waals surface area (Å²) in [5.74, 6) is 0.969. The zero-order valence-corrected chi connectivity index (χ0v) is 10.9. The highest BCUT2D eigenvalue weighted by molar-refractivity contribution is 6.06. The van der Waals surface area contributed by atoms with Crippen LogP contribution >= 0.6 is 0 Å². The van der Waals surface area contributed by atoms with Gasteiger partial charge in [0.2, 0.25) is 0 Å². The minimum Gasteiger partial charge on any atom is -0.508 e. The maximum absolute atomic E-state index is 12.0. The molecule has 2 aromatic carbocycles. The zero-order valence-electron chi connectivity index (χ0n) is 10.9. The molecule has 0 bridgehead atoms. The van der Waals surface area contributed by atoms with Gasteiger partial charge >= 0.3 is 0 Å². The minimum absolute atomic E-state index is 0.0913. The number of ether oxygens (including phenoxy) is 1. The molecule has 2 aromatic rings. The van der Waals surface area contributed by atoms with Crippen LogP contribution in [0.5, 0.6) is 11.5 Å². The van der Waals surface area contributed by atoms with Gasteiger partial charge in [-0.1, -0.05) is 18.2 Å². The molecule has 3 heteroatoms. The zero-order chi connectivity index (χ0) is 13.9. The van der Waals surface area contributed by atoms with Gasteiger partial charge in [-0.15, -0.1) is 0 Å². The van der Waals surface area contributed by atoms with Crippen LogP contribution in [0.15, 0.2) is 48.5 Å². The van der Waals surface area contributed by atoms with E-state index in [-0.39, 0.29) is 11.5 Å². The number of hydrogen-bond donors (Lipinski definition) is 1. The van der Waals surface area contributed by atoms with Crippen LogP contribution < -0.4 is 4.74 Å². The fourth-order valence-corrected chi connectivity index (χ4v) is 2.18. The second-order valence-electron chi connectivity index (χ2n) is 4.71. The molecular formula is C17H14O3. The molecule has 3 nitrogen and oxygen atoms in total. The Bertz CT molecular complexity index is 669. The molecule has 0 fully saturated rings. The van der Waals surface area contributed by atoms with E-state index in [0.29, 0.717) is 5.56 Å². The number of rotatable bonds is 3. The van der Waals surface area contributed by atoms with Crippen molar-refractivity contribution in [3.63, 3.8) is 0 Å². The van der Waals surface area contributed by atoms with Gasteiger partial charge in [0.05, 0.1) is 6.61 Å². The molecule has 0 aromatic heterocycles. The molecule has 0 aliphatic carbocycles. The molecule has 20 heavy (non-hydrogen) atoms. The van der Waals surface area contributed by atoms with Gasteiger partial charge in [-0.25, -0.2) is 0 Å². The first-order valence-electron chi connectivity index (χ1n) is 6.49. The van der Waals surface area contributed by atoms with Gasteiger partial charge in [0.25, 0.3) is 0 Å². The van der Waals surface area contributed by atoms with Gasteiger partial charge in [0.15, 0.2) is 5.78 Å². The largest absolute Gasteiger partial charge is 0.508 e. The minimum atomic E-state index is -0.0913. The first-order chi connectivity index (χ1) is 9.72.